The van der Waals surface area contributed by atoms with Gasteiger partial charge in [0.15, 0.2) is 0 Å². The summed E-state index contributed by atoms with van der Waals surface area (Å²) in [5.74, 6) is 0. The van der Waals surface area contributed by atoms with Gasteiger partial charge in [-0.15, -0.1) is 0 Å². The van der Waals surface area contributed by atoms with Gasteiger partial charge in [0.1, 0.15) is 0 Å². The minimum Gasteiger partial charge on any atom is -0.284 e. The van der Waals surface area contributed by atoms with Crippen LogP contribution in [0.25, 0.3) is 16.8 Å². The van der Waals surface area contributed by atoms with E-state index in [4.69, 9.17) is 0 Å². The summed E-state index contributed by atoms with van der Waals surface area (Å²) < 4.78 is 1.69. The lowest BCUT2D eigenvalue weighted by atomic mass is 10.0. The zero-order valence-corrected chi connectivity index (χ0v) is 11.3. The van der Waals surface area contributed by atoms with Crippen LogP contribution in [-0.4, -0.2) is 4.57 Å². The number of rotatable bonds is 2. The Balaban J connectivity index is 2.21. The molecule has 0 atom stereocenters. The Morgan fingerprint density at radius 2 is 1.45 bits per heavy atom. The Bertz CT molecular complexity index is 774. The summed E-state index contributed by atoms with van der Waals surface area (Å²) in [6.07, 6.45) is 1.92. The molecule has 3 rings (SSSR count). The van der Waals surface area contributed by atoms with Gasteiger partial charge in [0.05, 0.1) is 0 Å². The molecular weight excluding hydrogens is 246 g/mol. The zero-order chi connectivity index (χ0) is 13.9. The lowest BCUT2D eigenvalue weighted by Crippen LogP contribution is -2.17. The summed E-state index contributed by atoms with van der Waals surface area (Å²) in [5.41, 5.74) is 4.07. The Hall–Kier alpha value is -2.61. The van der Waals surface area contributed by atoms with Crippen LogP contribution in [0.1, 0.15) is 5.56 Å². The number of hydrogen-bond donors (Lipinski definition) is 0. The van der Waals surface area contributed by atoms with Crippen LogP contribution < -0.4 is 5.56 Å². The van der Waals surface area contributed by atoms with Gasteiger partial charge in [-0.3, -0.25) is 9.36 Å². The molecule has 0 aliphatic heterocycles. The molecule has 0 aliphatic rings. The largest absolute Gasteiger partial charge is 0.284 e. The van der Waals surface area contributed by atoms with Gasteiger partial charge in [0.2, 0.25) is 0 Å². The highest BCUT2D eigenvalue weighted by molar-refractivity contribution is 5.66. The zero-order valence-electron chi connectivity index (χ0n) is 11.3. The molecule has 0 saturated carbocycles. The van der Waals surface area contributed by atoms with Gasteiger partial charge in [-0.2, -0.15) is 0 Å². The van der Waals surface area contributed by atoms with E-state index in [0.717, 1.165) is 22.4 Å². The fourth-order valence-electron chi connectivity index (χ4n) is 2.34. The Kier molecular flexibility index (Phi) is 3.21. The third-order valence-electron chi connectivity index (χ3n) is 3.38. The molecule has 0 radical (unpaired) electrons. The molecule has 0 spiro atoms. The molecule has 0 fully saturated rings. The van der Waals surface area contributed by atoms with Crippen LogP contribution in [0.15, 0.2) is 77.7 Å². The van der Waals surface area contributed by atoms with E-state index in [1.165, 1.54) is 0 Å². The summed E-state index contributed by atoms with van der Waals surface area (Å²) in [4.78, 5) is 12.2. The molecule has 1 heterocycles. The van der Waals surface area contributed by atoms with E-state index in [1.807, 2.05) is 61.7 Å². The molecule has 3 aromatic rings. The normalized spacial score (nSPS) is 10.4. The monoisotopic (exact) mass is 261 g/mol. The van der Waals surface area contributed by atoms with Crippen molar-refractivity contribution in [3.05, 3.63) is 88.8 Å². The highest BCUT2D eigenvalue weighted by atomic mass is 16.1. The van der Waals surface area contributed by atoms with Crippen molar-refractivity contribution in [2.45, 2.75) is 6.92 Å². The molecule has 98 valence electrons. The molecule has 0 unspecified atom stereocenters. The summed E-state index contributed by atoms with van der Waals surface area (Å²) in [7, 11) is 0. The van der Waals surface area contributed by atoms with Crippen LogP contribution in [0.4, 0.5) is 0 Å². The first kappa shape index (κ1) is 12.4. The fraction of sp³-hybridized carbons (Fsp3) is 0.0556. The second-order valence-electron chi connectivity index (χ2n) is 4.78. The maximum Gasteiger partial charge on any atom is 0.255 e. The van der Waals surface area contributed by atoms with Crippen molar-refractivity contribution in [1.82, 2.24) is 4.57 Å². The Morgan fingerprint density at radius 1 is 0.850 bits per heavy atom. The number of benzene rings is 2. The van der Waals surface area contributed by atoms with Crippen LogP contribution in [-0.2, 0) is 0 Å². The molecule has 0 amide bonds. The summed E-state index contributed by atoms with van der Waals surface area (Å²) in [6.45, 7) is 1.97. The quantitative estimate of drug-likeness (QED) is 0.687. The molecule has 2 heteroatoms. The lowest BCUT2D eigenvalue weighted by molar-refractivity contribution is 0.985. The molecule has 1 aromatic heterocycles. The van der Waals surface area contributed by atoms with Gasteiger partial charge in [0, 0.05) is 23.5 Å². The average Bonchev–Trinajstić information content (AvgIpc) is 2.49. The first-order chi connectivity index (χ1) is 9.75. The average molecular weight is 261 g/mol. The maximum atomic E-state index is 12.2. The third kappa shape index (κ3) is 2.28. The van der Waals surface area contributed by atoms with Crippen molar-refractivity contribution >= 4 is 0 Å². The van der Waals surface area contributed by atoms with Crippen LogP contribution in [0.2, 0.25) is 0 Å². The third-order valence-corrected chi connectivity index (χ3v) is 3.38. The SMILES string of the molecule is Cc1cc(=O)n(-c2ccccc2)cc1-c1ccccc1. The summed E-state index contributed by atoms with van der Waals surface area (Å²) in [6, 6.07) is 21.5. The number of aromatic nitrogens is 1. The van der Waals surface area contributed by atoms with Crippen molar-refractivity contribution in [2.75, 3.05) is 0 Å². The van der Waals surface area contributed by atoms with E-state index in [9.17, 15) is 4.79 Å². The van der Waals surface area contributed by atoms with E-state index in [0.29, 0.717) is 0 Å². The molecule has 2 nitrogen and oxygen atoms in total. The minimum atomic E-state index is -0.00613. The van der Waals surface area contributed by atoms with Crippen LogP contribution in [0.3, 0.4) is 0 Å². The highest BCUT2D eigenvalue weighted by Gasteiger charge is 2.06. The van der Waals surface area contributed by atoms with Gasteiger partial charge >= 0.3 is 0 Å². The maximum absolute atomic E-state index is 12.2. The molecular formula is C18H15NO. The number of aryl methyl sites for hydroxylation is 1. The van der Waals surface area contributed by atoms with E-state index >= 15 is 0 Å². The topological polar surface area (TPSA) is 22.0 Å². The Labute approximate surface area is 118 Å². The van der Waals surface area contributed by atoms with Crippen molar-refractivity contribution < 1.29 is 0 Å². The second kappa shape index (κ2) is 5.17. The number of nitrogens with zero attached hydrogens (tertiary/aromatic N) is 1. The predicted octanol–water partition coefficient (Wildman–Crippen LogP) is 3.81. The lowest BCUT2D eigenvalue weighted by Gasteiger charge is -2.11. The summed E-state index contributed by atoms with van der Waals surface area (Å²) in [5, 5.41) is 0. The van der Waals surface area contributed by atoms with E-state index < -0.39 is 0 Å². The van der Waals surface area contributed by atoms with Crippen molar-refractivity contribution in [3.63, 3.8) is 0 Å². The van der Waals surface area contributed by atoms with Gasteiger partial charge in [-0.05, 0) is 30.2 Å². The Morgan fingerprint density at radius 3 is 2.10 bits per heavy atom. The van der Waals surface area contributed by atoms with E-state index in [2.05, 4.69) is 12.1 Å². The molecule has 0 saturated heterocycles. The van der Waals surface area contributed by atoms with Gasteiger partial charge in [-0.25, -0.2) is 0 Å². The molecule has 20 heavy (non-hydrogen) atoms. The van der Waals surface area contributed by atoms with Crippen LogP contribution in [0, 0.1) is 6.92 Å². The molecule has 0 bridgehead atoms. The van der Waals surface area contributed by atoms with Gasteiger partial charge in [-0.1, -0.05) is 48.5 Å². The van der Waals surface area contributed by atoms with E-state index in [-0.39, 0.29) is 5.56 Å². The van der Waals surface area contributed by atoms with Crippen LogP contribution in [0.5, 0.6) is 0 Å². The first-order valence-corrected chi connectivity index (χ1v) is 6.60. The standard InChI is InChI=1S/C18H15NO/c1-14-12-18(20)19(16-10-6-3-7-11-16)13-17(14)15-8-4-2-5-9-15/h2-13H,1H3. The molecule has 0 N–H and O–H groups in total. The van der Waals surface area contributed by atoms with Crippen LogP contribution >= 0.6 is 0 Å². The summed E-state index contributed by atoms with van der Waals surface area (Å²) >= 11 is 0. The van der Waals surface area contributed by atoms with Gasteiger partial charge in [0.25, 0.3) is 5.56 Å². The number of para-hydroxylation sites is 1. The van der Waals surface area contributed by atoms with E-state index in [1.54, 1.807) is 10.6 Å². The number of pyridine rings is 1. The minimum absolute atomic E-state index is 0.00613. The number of hydrogen-bond acceptors (Lipinski definition) is 1. The van der Waals surface area contributed by atoms with Crippen molar-refractivity contribution in [1.29, 1.82) is 0 Å². The smallest absolute Gasteiger partial charge is 0.255 e. The van der Waals surface area contributed by atoms with Crippen molar-refractivity contribution in [3.8, 4) is 16.8 Å². The molecule has 0 aliphatic carbocycles. The highest BCUT2D eigenvalue weighted by Crippen LogP contribution is 2.22. The second-order valence-corrected chi connectivity index (χ2v) is 4.78. The van der Waals surface area contributed by atoms with Crippen molar-refractivity contribution in [2.24, 2.45) is 0 Å². The first-order valence-electron chi connectivity index (χ1n) is 6.60. The fourth-order valence-corrected chi connectivity index (χ4v) is 2.34. The predicted molar refractivity (Wildman–Crippen MR) is 82.2 cm³/mol. The molecule has 2 aromatic carbocycles. The van der Waals surface area contributed by atoms with Gasteiger partial charge < -0.3 is 0 Å².